The normalized spacial score (nSPS) is 20.5. The molecule has 2 aromatic carbocycles. The molecule has 1 aliphatic rings. The van der Waals surface area contributed by atoms with Gasteiger partial charge in [-0.15, -0.1) is 0 Å². The van der Waals surface area contributed by atoms with E-state index in [1.807, 2.05) is 18.2 Å². The maximum atomic E-state index is 12.3. The van der Waals surface area contributed by atoms with E-state index in [4.69, 9.17) is 22.1 Å². The van der Waals surface area contributed by atoms with Gasteiger partial charge < -0.3 is 15.4 Å². The van der Waals surface area contributed by atoms with Gasteiger partial charge in [-0.2, -0.15) is 0 Å². The molecular weight excluding hydrogens is 312 g/mol. The van der Waals surface area contributed by atoms with Gasteiger partial charge in [-0.05, 0) is 29.8 Å². The van der Waals surface area contributed by atoms with Crippen LogP contribution in [0.15, 0.2) is 54.6 Å². The maximum absolute atomic E-state index is 12.3. The zero-order valence-corrected chi connectivity index (χ0v) is 13.4. The average Bonchev–Trinajstić information content (AvgIpc) is 2.97. The number of nitrogens with zero attached hydrogens (tertiary/aromatic N) is 1. The standard InChI is InChI=1S/C18H19ClN2O2/c19-14-6-8-15(9-7-14)23-12-18(22)21-10-16(17(20)11-21)13-4-2-1-3-5-13/h1-9,16-17H,10-12,20H2/t16-,17+/m0/s1. The summed E-state index contributed by atoms with van der Waals surface area (Å²) in [5, 5.41) is 0.639. The zero-order valence-electron chi connectivity index (χ0n) is 12.7. The highest BCUT2D eigenvalue weighted by molar-refractivity contribution is 6.30. The predicted molar refractivity (Wildman–Crippen MR) is 90.7 cm³/mol. The Hall–Kier alpha value is -2.04. The Morgan fingerprint density at radius 2 is 1.83 bits per heavy atom. The van der Waals surface area contributed by atoms with E-state index in [9.17, 15) is 4.79 Å². The van der Waals surface area contributed by atoms with Crippen LogP contribution in [0.3, 0.4) is 0 Å². The molecule has 1 saturated heterocycles. The molecule has 0 aromatic heterocycles. The van der Waals surface area contributed by atoms with E-state index < -0.39 is 0 Å². The summed E-state index contributed by atoms with van der Waals surface area (Å²) in [7, 11) is 0. The molecule has 1 aliphatic heterocycles. The predicted octanol–water partition coefficient (Wildman–Crippen LogP) is 2.67. The molecule has 0 radical (unpaired) electrons. The maximum Gasteiger partial charge on any atom is 0.260 e. The summed E-state index contributed by atoms with van der Waals surface area (Å²) >= 11 is 5.82. The molecule has 23 heavy (non-hydrogen) atoms. The smallest absolute Gasteiger partial charge is 0.260 e. The first kappa shape index (κ1) is 15.8. The van der Waals surface area contributed by atoms with Gasteiger partial charge in [0.15, 0.2) is 6.61 Å². The van der Waals surface area contributed by atoms with Crippen LogP contribution in [0, 0.1) is 0 Å². The van der Waals surface area contributed by atoms with Crippen molar-refractivity contribution in [2.24, 2.45) is 5.73 Å². The van der Waals surface area contributed by atoms with Crippen molar-refractivity contribution in [2.75, 3.05) is 19.7 Å². The molecule has 0 saturated carbocycles. The van der Waals surface area contributed by atoms with Crippen molar-refractivity contribution in [1.82, 2.24) is 4.90 Å². The molecule has 2 N–H and O–H groups in total. The molecule has 0 aliphatic carbocycles. The molecule has 1 heterocycles. The monoisotopic (exact) mass is 330 g/mol. The minimum atomic E-state index is -0.0474. The van der Waals surface area contributed by atoms with Gasteiger partial charge in [0.05, 0.1) is 0 Å². The fourth-order valence-corrected chi connectivity index (χ4v) is 2.98. The van der Waals surface area contributed by atoms with Crippen LogP contribution in [0.25, 0.3) is 0 Å². The van der Waals surface area contributed by atoms with E-state index in [1.165, 1.54) is 5.56 Å². The summed E-state index contributed by atoms with van der Waals surface area (Å²) in [5.41, 5.74) is 7.39. The summed E-state index contributed by atoms with van der Waals surface area (Å²) < 4.78 is 5.52. The quantitative estimate of drug-likeness (QED) is 0.937. The van der Waals surface area contributed by atoms with E-state index in [1.54, 1.807) is 29.2 Å². The van der Waals surface area contributed by atoms with E-state index in [2.05, 4.69) is 12.1 Å². The SMILES string of the molecule is N[C@@H]1CN(C(=O)COc2ccc(Cl)cc2)C[C@H]1c1ccccc1. The van der Waals surface area contributed by atoms with Gasteiger partial charge in [-0.3, -0.25) is 4.79 Å². The largest absolute Gasteiger partial charge is 0.484 e. The van der Waals surface area contributed by atoms with Crippen LogP contribution < -0.4 is 10.5 Å². The van der Waals surface area contributed by atoms with Gasteiger partial charge in [0.1, 0.15) is 5.75 Å². The number of hydrogen-bond donors (Lipinski definition) is 1. The molecule has 2 aromatic rings. The van der Waals surface area contributed by atoms with Crippen LogP contribution in [-0.2, 0) is 4.79 Å². The van der Waals surface area contributed by atoms with Crippen LogP contribution >= 0.6 is 11.6 Å². The van der Waals surface area contributed by atoms with Gasteiger partial charge in [-0.1, -0.05) is 41.9 Å². The Labute approximate surface area is 140 Å². The molecule has 3 rings (SSSR count). The first-order chi connectivity index (χ1) is 11.1. The van der Waals surface area contributed by atoms with E-state index in [0.29, 0.717) is 23.9 Å². The van der Waals surface area contributed by atoms with Crippen LogP contribution in [0.5, 0.6) is 5.75 Å². The molecule has 4 nitrogen and oxygen atoms in total. The van der Waals surface area contributed by atoms with Gasteiger partial charge >= 0.3 is 0 Å². The number of hydrogen-bond acceptors (Lipinski definition) is 3. The van der Waals surface area contributed by atoms with Crippen molar-refractivity contribution in [3.05, 3.63) is 65.2 Å². The molecule has 0 bridgehead atoms. The third-order valence-electron chi connectivity index (χ3n) is 4.12. The first-order valence-electron chi connectivity index (χ1n) is 7.60. The highest BCUT2D eigenvalue weighted by Gasteiger charge is 2.33. The number of rotatable bonds is 4. The highest BCUT2D eigenvalue weighted by Crippen LogP contribution is 2.26. The number of benzene rings is 2. The van der Waals surface area contributed by atoms with Crippen molar-refractivity contribution in [1.29, 1.82) is 0 Å². The molecule has 0 unspecified atom stereocenters. The summed E-state index contributed by atoms with van der Waals surface area (Å²) in [4.78, 5) is 14.1. The minimum Gasteiger partial charge on any atom is -0.484 e. The Morgan fingerprint density at radius 1 is 1.13 bits per heavy atom. The lowest BCUT2D eigenvalue weighted by Gasteiger charge is -2.17. The molecule has 120 valence electrons. The fraction of sp³-hybridized carbons (Fsp3) is 0.278. The van der Waals surface area contributed by atoms with Crippen LogP contribution in [-0.4, -0.2) is 36.5 Å². The lowest BCUT2D eigenvalue weighted by atomic mass is 9.95. The summed E-state index contributed by atoms with van der Waals surface area (Å²) in [6, 6.07) is 17.0. The molecule has 1 fully saturated rings. The van der Waals surface area contributed by atoms with E-state index in [0.717, 1.165) is 0 Å². The zero-order chi connectivity index (χ0) is 16.2. The molecule has 1 amide bonds. The minimum absolute atomic E-state index is 0.00978. The summed E-state index contributed by atoms with van der Waals surface area (Å²) in [6.07, 6.45) is 0. The van der Waals surface area contributed by atoms with Crippen LogP contribution in [0.1, 0.15) is 11.5 Å². The van der Waals surface area contributed by atoms with Crippen molar-refractivity contribution >= 4 is 17.5 Å². The Kier molecular flexibility index (Phi) is 4.84. The van der Waals surface area contributed by atoms with Crippen LogP contribution in [0.4, 0.5) is 0 Å². The highest BCUT2D eigenvalue weighted by atomic mass is 35.5. The molecule has 2 atom stereocenters. The van der Waals surface area contributed by atoms with Crippen molar-refractivity contribution in [3.8, 4) is 5.75 Å². The average molecular weight is 331 g/mol. The number of nitrogens with two attached hydrogens (primary N) is 1. The molecule has 5 heteroatoms. The summed E-state index contributed by atoms with van der Waals surface area (Å²) in [5.74, 6) is 0.760. The summed E-state index contributed by atoms with van der Waals surface area (Å²) in [6.45, 7) is 1.20. The number of carbonyl (C=O) groups excluding carboxylic acids is 1. The lowest BCUT2D eigenvalue weighted by Crippen LogP contribution is -2.35. The second-order valence-electron chi connectivity index (χ2n) is 5.72. The first-order valence-corrected chi connectivity index (χ1v) is 7.98. The third-order valence-corrected chi connectivity index (χ3v) is 4.37. The number of likely N-dealkylation sites (tertiary alicyclic amines) is 1. The number of carbonyl (C=O) groups is 1. The lowest BCUT2D eigenvalue weighted by molar-refractivity contribution is -0.132. The fourth-order valence-electron chi connectivity index (χ4n) is 2.85. The van der Waals surface area contributed by atoms with Crippen molar-refractivity contribution in [3.63, 3.8) is 0 Å². The number of ether oxygens (including phenoxy) is 1. The van der Waals surface area contributed by atoms with Gasteiger partial charge in [0.2, 0.25) is 0 Å². The van der Waals surface area contributed by atoms with Crippen molar-refractivity contribution in [2.45, 2.75) is 12.0 Å². The second kappa shape index (κ2) is 7.02. The number of amides is 1. The Balaban J connectivity index is 1.57. The third kappa shape index (κ3) is 3.84. The molecular formula is C18H19ClN2O2. The Morgan fingerprint density at radius 3 is 2.52 bits per heavy atom. The van der Waals surface area contributed by atoms with Crippen LogP contribution in [0.2, 0.25) is 5.02 Å². The van der Waals surface area contributed by atoms with Gasteiger partial charge in [0.25, 0.3) is 5.91 Å². The van der Waals surface area contributed by atoms with Gasteiger partial charge in [-0.25, -0.2) is 0 Å². The molecule has 0 spiro atoms. The van der Waals surface area contributed by atoms with Gasteiger partial charge in [0, 0.05) is 30.1 Å². The Bertz CT molecular complexity index is 660. The van der Waals surface area contributed by atoms with E-state index >= 15 is 0 Å². The van der Waals surface area contributed by atoms with Crippen molar-refractivity contribution < 1.29 is 9.53 Å². The topological polar surface area (TPSA) is 55.6 Å². The number of halogens is 1. The second-order valence-corrected chi connectivity index (χ2v) is 6.16. The van der Waals surface area contributed by atoms with E-state index in [-0.39, 0.29) is 24.5 Å².